The average Bonchev–Trinajstić information content (AvgIpc) is 2.68. The number of carbonyl (C=O) groups excluding carboxylic acids is 3. The van der Waals surface area contributed by atoms with Crippen molar-refractivity contribution in [3.8, 4) is 5.75 Å². The smallest absolute Gasteiger partial charge is 0.342 e. The molecule has 3 rings (SSSR count). The first kappa shape index (κ1) is 19.9. The monoisotopic (exact) mass is 392 g/mol. The van der Waals surface area contributed by atoms with Crippen molar-refractivity contribution >= 4 is 39.9 Å². The number of carbonyl (C=O) groups is 3. The van der Waals surface area contributed by atoms with E-state index in [1.54, 1.807) is 24.3 Å². The summed E-state index contributed by atoms with van der Waals surface area (Å²) in [7, 11) is 0. The summed E-state index contributed by atoms with van der Waals surface area (Å²) in [5.41, 5.74) is 1.07. The predicted molar refractivity (Wildman–Crippen MR) is 110 cm³/mol. The maximum atomic E-state index is 12.4. The minimum atomic E-state index is -1.08. The maximum absolute atomic E-state index is 12.4. The molecular formula is C22H20N2O5. The molecule has 0 heterocycles. The SMILES string of the molecule is CC(=O)Nc1ccc(NC(=O)C(C)OC(=O)c2cc3ccccc3cc2O)cc1. The Bertz CT molecular complexity index is 1080. The second-order valence-corrected chi connectivity index (χ2v) is 6.51. The molecule has 7 nitrogen and oxygen atoms in total. The van der Waals surface area contributed by atoms with Crippen LogP contribution in [0.1, 0.15) is 24.2 Å². The van der Waals surface area contributed by atoms with Gasteiger partial charge in [0.2, 0.25) is 5.91 Å². The number of aromatic hydroxyl groups is 1. The van der Waals surface area contributed by atoms with Crippen LogP contribution in [0.4, 0.5) is 11.4 Å². The number of amides is 2. The first-order chi connectivity index (χ1) is 13.8. The molecule has 0 aliphatic heterocycles. The molecule has 3 aromatic rings. The number of anilines is 2. The molecule has 0 radical (unpaired) electrons. The van der Waals surface area contributed by atoms with Gasteiger partial charge in [-0.25, -0.2) is 4.79 Å². The van der Waals surface area contributed by atoms with Crippen LogP contribution in [-0.4, -0.2) is 29.0 Å². The van der Waals surface area contributed by atoms with E-state index < -0.39 is 18.0 Å². The van der Waals surface area contributed by atoms with Gasteiger partial charge < -0.3 is 20.5 Å². The highest BCUT2D eigenvalue weighted by molar-refractivity contribution is 6.01. The number of rotatable bonds is 5. The van der Waals surface area contributed by atoms with E-state index >= 15 is 0 Å². The minimum Gasteiger partial charge on any atom is -0.507 e. The molecule has 1 unspecified atom stereocenters. The number of phenolic OH excluding ortho intramolecular Hbond substituents is 1. The largest absolute Gasteiger partial charge is 0.507 e. The molecule has 148 valence electrons. The molecule has 2 amide bonds. The molecule has 0 bridgehead atoms. The van der Waals surface area contributed by atoms with Crippen molar-refractivity contribution in [2.24, 2.45) is 0 Å². The number of ether oxygens (including phenoxy) is 1. The van der Waals surface area contributed by atoms with E-state index in [2.05, 4.69) is 10.6 Å². The van der Waals surface area contributed by atoms with Gasteiger partial charge in [-0.2, -0.15) is 0 Å². The second-order valence-electron chi connectivity index (χ2n) is 6.51. The van der Waals surface area contributed by atoms with Crippen molar-refractivity contribution in [1.82, 2.24) is 0 Å². The maximum Gasteiger partial charge on any atom is 0.342 e. The van der Waals surface area contributed by atoms with Gasteiger partial charge in [0.1, 0.15) is 11.3 Å². The summed E-state index contributed by atoms with van der Waals surface area (Å²) in [6.45, 7) is 2.84. The van der Waals surface area contributed by atoms with Crippen molar-refractivity contribution in [1.29, 1.82) is 0 Å². The molecule has 0 fully saturated rings. The van der Waals surface area contributed by atoms with E-state index in [1.165, 1.54) is 26.0 Å². The van der Waals surface area contributed by atoms with Crippen LogP contribution in [-0.2, 0) is 14.3 Å². The lowest BCUT2D eigenvalue weighted by Crippen LogP contribution is -2.30. The molecule has 0 aliphatic carbocycles. The lowest BCUT2D eigenvalue weighted by molar-refractivity contribution is -0.123. The Morgan fingerprint density at radius 2 is 1.45 bits per heavy atom. The van der Waals surface area contributed by atoms with Crippen molar-refractivity contribution in [2.45, 2.75) is 20.0 Å². The number of phenols is 1. The van der Waals surface area contributed by atoms with Crippen LogP contribution in [0.25, 0.3) is 10.8 Å². The van der Waals surface area contributed by atoms with Gasteiger partial charge >= 0.3 is 5.97 Å². The van der Waals surface area contributed by atoms with Crippen molar-refractivity contribution < 1.29 is 24.2 Å². The highest BCUT2D eigenvalue weighted by Crippen LogP contribution is 2.26. The van der Waals surface area contributed by atoms with Gasteiger partial charge in [-0.1, -0.05) is 24.3 Å². The Morgan fingerprint density at radius 1 is 0.897 bits per heavy atom. The molecule has 0 aromatic heterocycles. The molecule has 0 saturated heterocycles. The van der Waals surface area contributed by atoms with Crippen molar-refractivity contribution in [2.75, 3.05) is 10.6 Å². The van der Waals surface area contributed by atoms with E-state index in [1.807, 2.05) is 24.3 Å². The summed E-state index contributed by atoms with van der Waals surface area (Å²) < 4.78 is 5.21. The number of hydrogen-bond donors (Lipinski definition) is 3. The van der Waals surface area contributed by atoms with Crippen molar-refractivity contribution in [3.05, 3.63) is 66.2 Å². The third-order valence-electron chi connectivity index (χ3n) is 4.21. The molecule has 0 aliphatic rings. The van der Waals surface area contributed by atoms with E-state index in [0.29, 0.717) is 11.4 Å². The van der Waals surface area contributed by atoms with Crippen molar-refractivity contribution in [3.63, 3.8) is 0 Å². The lowest BCUT2D eigenvalue weighted by atomic mass is 10.1. The fourth-order valence-corrected chi connectivity index (χ4v) is 2.75. The third-order valence-corrected chi connectivity index (χ3v) is 4.21. The Morgan fingerprint density at radius 3 is 2.03 bits per heavy atom. The molecule has 0 saturated carbocycles. The first-order valence-corrected chi connectivity index (χ1v) is 8.95. The van der Waals surface area contributed by atoms with Gasteiger partial charge in [-0.3, -0.25) is 9.59 Å². The molecule has 29 heavy (non-hydrogen) atoms. The first-order valence-electron chi connectivity index (χ1n) is 8.95. The van der Waals surface area contributed by atoms with Crippen LogP contribution in [0, 0.1) is 0 Å². The quantitative estimate of drug-likeness (QED) is 0.575. The summed E-state index contributed by atoms with van der Waals surface area (Å²) in [5, 5.41) is 16.9. The van der Waals surface area contributed by atoms with Crippen LogP contribution < -0.4 is 10.6 Å². The standard InChI is InChI=1S/C22H20N2O5/c1-13(21(27)24-18-9-7-17(8-10-18)23-14(2)25)29-22(28)19-11-15-5-3-4-6-16(15)12-20(19)26/h3-13,26H,1-2H3,(H,23,25)(H,24,27). The Balaban J connectivity index is 1.65. The molecule has 3 aromatic carbocycles. The number of benzene rings is 3. The summed E-state index contributed by atoms with van der Waals surface area (Å²) >= 11 is 0. The highest BCUT2D eigenvalue weighted by Gasteiger charge is 2.21. The Labute approximate surface area is 167 Å². The summed E-state index contributed by atoms with van der Waals surface area (Å²) in [6.07, 6.45) is -1.08. The predicted octanol–water partition coefficient (Wildman–Crippen LogP) is 3.69. The molecule has 0 spiro atoms. The van der Waals surface area contributed by atoms with Gasteiger partial charge in [0.15, 0.2) is 6.10 Å². The fourth-order valence-electron chi connectivity index (χ4n) is 2.75. The minimum absolute atomic E-state index is 0.0111. The van der Waals surface area contributed by atoms with Gasteiger partial charge in [0, 0.05) is 18.3 Å². The van der Waals surface area contributed by atoms with E-state index in [4.69, 9.17) is 4.74 Å². The lowest BCUT2D eigenvalue weighted by Gasteiger charge is -2.14. The Hall–Kier alpha value is -3.87. The second kappa shape index (κ2) is 8.43. The zero-order valence-corrected chi connectivity index (χ0v) is 15.9. The fraction of sp³-hybridized carbons (Fsp3) is 0.136. The van der Waals surface area contributed by atoms with Crippen LogP contribution in [0.5, 0.6) is 5.75 Å². The topological polar surface area (TPSA) is 105 Å². The average molecular weight is 392 g/mol. The third kappa shape index (κ3) is 4.90. The number of fused-ring (bicyclic) bond motifs is 1. The van der Waals surface area contributed by atoms with Crippen LogP contribution in [0.3, 0.4) is 0 Å². The molecular weight excluding hydrogens is 372 g/mol. The van der Waals surface area contributed by atoms with E-state index in [-0.39, 0.29) is 17.2 Å². The molecule has 1 atom stereocenters. The summed E-state index contributed by atoms with van der Waals surface area (Å²) in [5.74, 6) is -1.73. The van der Waals surface area contributed by atoms with Crippen LogP contribution >= 0.6 is 0 Å². The van der Waals surface area contributed by atoms with E-state index in [9.17, 15) is 19.5 Å². The zero-order chi connectivity index (χ0) is 21.0. The normalized spacial score (nSPS) is 11.5. The van der Waals surface area contributed by atoms with Gasteiger partial charge in [-0.15, -0.1) is 0 Å². The molecule has 3 N–H and O–H groups in total. The van der Waals surface area contributed by atoms with Gasteiger partial charge in [-0.05, 0) is 54.1 Å². The van der Waals surface area contributed by atoms with Crippen LogP contribution in [0.15, 0.2) is 60.7 Å². The van der Waals surface area contributed by atoms with Gasteiger partial charge in [0.05, 0.1) is 0 Å². The van der Waals surface area contributed by atoms with Gasteiger partial charge in [0.25, 0.3) is 5.91 Å². The summed E-state index contributed by atoms with van der Waals surface area (Å²) in [6, 6.07) is 16.8. The zero-order valence-electron chi connectivity index (χ0n) is 15.9. The van der Waals surface area contributed by atoms with Crippen LogP contribution in [0.2, 0.25) is 0 Å². The summed E-state index contributed by atoms with van der Waals surface area (Å²) in [4.78, 5) is 35.8. The number of hydrogen-bond acceptors (Lipinski definition) is 5. The number of nitrogens with one attached hydrogen (secondary N) is 2. The number of esters is 1. The van der Waals surface area contributed by atoms with E-state index in [0.717, 1.165) is 10.8 Å². The molecule has 7 heteroatoms. The Kier molecular flexibility index (Phi) is 5.78. The highest BCUT2D eigenvalue weighted by atomic mass is 16.5.